The van der Waals surface area contributed by atoms with E-state index in [1.807, 2.05) is 0 Å². The lowest BCUT2D eigenvalue weighted by molar-refractivity contribution is -0.141. The molecule has 0 fully saturated rings. The first-order chi connectivity index (χ1) is 9.95. The minimum absolute atomic E-state index is 0.176. The zero-order chi connectivity index (χ0) is 15.8. The predicted molar refractivity (Wildman–Crippen MR) is 79.3 cm³/mol. The van der Waals surface area contributed by atoms with E-state index in [1.165, 1.54) is 36.3 Å². The van der Waals surface area contributed by atoms with Crippen molar-refractivity contribution in [1.82, 2.24) is 4.90 Å². The molecule has 0 heterocycles. The quantitative estimate of drug-likeness (QED) is 0.599. The average Bonchev–Trinajstić information content (AvgIpc) is 2.46. The molecule has 0 radical (unpaired) electrons. The van der Waals surface area contributed by atoms with Crippen LogP contribution in [0.5, 0.6) is 0 Å². The molecule has 1 rings (SSSR count). The highest BCUT2D eigenvalue weighted by molar-refractivity contribution is 6.32. The van der Waals surface area contributed by atoms with Crippen LogP contribution >= 0.6 is 11.6 Å². The lowest BCUT2D eigenvalue weighted by Crippen LogP contribution is -2.26. The summed E-state index contributed by atoms with van der Waals surface area (Å²) in [5.74, 6) is -1.09. The summed E-state index contributed by atoms with van der Waals surface area (Å²) in [5, 5.41) is 0.243. The van der Waals surface area contributed by atoms with Crippen LogP contribution in [0.25, 0.3) is 6.08 Å². The fraction of sp³-hybridized carbons (Fsp3) is 0.333. The van der Waals surface area contributed by atoms with Gasteiger partial charge in [0.15, 0.2) is 0 Å². The van der Waals surface area contributed by atoms with Gasteiger partial charge in [0, 0.05) is 31.7 Å². The summed E-state index contributed by atoms with van der Waals surface area (Å²) in [4.78, 5) is 24.2. The molecule has 1 amide bonds. The lowest BCUT2D eigenvalue weighted by Gasteiger charge is -2.14. The Morgan fingerprint density at radius 1 is 1.43 bits per heavy atom. The van der Waals surface area contributed by atoms with Gasteiger partial charge in [-0.05, 0) is 24.6 Å². The second-order valence-corrected chi connectivity index (χ2v) is 4.82. The third-order valence-electron chi connectivity index (χ3n) is 2.87. The van der Waals surface area contributed by atoms with Gasteiger partial charge in [0.05, 0.1) is 12.1 Å². The molecule has 0 aliphatic carbocycles. The summed E-state index contributed by atoms with van der Waals surface area (Å²) in [6.07, 6.45) is 3.35. The molecule has 1 aromatic carbocycles. The normalized spacial score (nSPS) is 10.7. The standard InChI is InChI=1S/C15H17ClFNO3/c1-18(10-4-7-15(20)21-2)14(19)9-8-11-12(16)5-3-6-13(11)17/h3,5-6,8-9H,4,7,10H2,1-2H3/b9-8+. The van der Waals surface area contributed by atoms with Crippen LogP contribution < -0.4 is 0 Å². The average molecular weight is 314 g/mol. The van der Waals surface area contributed by atoms with E-state index in [9.17, 15) is 14.0 Å². The first kappa shape index (κ1) is 17.2. The van der Waals surface area contributed by atoms with Gasteiger partial charge in [-0.3, -0.25) is 9.59 Å². The Kier molecular flexibility index (Phi) is 6.88. The van der Waals surface area contributed by atoms with Crippen LogP contribution in [0.2, 0.25) is 5.02 Å². The smallest absolute Gasteiger partial charge is 0.305 e. The molecule has 0 saturated carbocycles. The second-order valence-electron chi connectivity index (χ2n) is 4.41. The van der Waals surface area contributed by atoms with Crippen molar-refractivity contribution in [2.24, 2.45) is 0 Å². The van der Waals surface area contributed by atoms with Crippen molar-refractivity contribution in [2.45, 2.75) is 12.8 Å². The number of nitrogens with zero attached hydrogens (tertiary/aromatic N) is 1. The SMILES string of the molecule is COC(=O)CCCN(C)C(=O)/C=C/c1c(F)cccc1Cl. The molecule has 1 aromatic rings. The van der Waals surface area contributed by atoms with Crippen molar-refractivity contribution in [3.63, 3.8) is 0 Å². The maximum atomic E-state index is 13.5. The number of benzene rings is 1. The van der Waals surface area contributed by atoms with Crippen LogP contribution in [0.15, 0.2) is 24.3 Å². The number of hydrogen-bond donors (Lipinski definition) is 0. The van der Waals surface area contributed by atoms with E-state index in [0.717, 1.165) is 0 Å². The van der Waals surface area contributed by atoms with Crippen molar-refractivity contribution in [3.8, 4) is 0 Å². The zero-order valence-electron chi connectivity index (χ0n) is 11.9. The van der Waals surface area contributed by atoms with Crippen LogP contribution in [0.1, 0.15) is 18.4 Å². The number of halogens is 2. The van der Waals surface area contributed by atoms with E-state index in [4.69, 9.17) is 11.6 Å². The number of ether oxygens (including phenoxy) is 1. The molecular weight excluding hydrogens is 297 g/mol. The minimum atomic E-state index is -0.486. The predicted octanol–water partition coefficient (Wildman–Crippen LogP) is 2.90. The second kappa shape index (κ2) is 8.42. The van der Waals surface area contributed by atoms with Gasteiger partial charge < -0.3 is 9.64 Å². The number of carbonyl (C=O) groups excluding carboxylic acids is 2. The van der Waals surface area contributed by atoms with Gasteiger partial charge in [-0.15, -0.1) is 0 Å². The Balaban J connectivity index is 2.56. The molecule has 0 spiro atoms. The highest BCUT2D eigenvalue weighted by Crippen LogP contribution is 2.20. The molecular formula is C15H17ClFNO3. The van der Waals surface area contributed by atoms with Crippen molar-refractivity contribution < 1.29 is 18.7 Å². The number of carbonyl (C=O) groups is 2. The number of methoxy groups -OCH3 is 1. The summed E-state index contributed by atoms with van der Waals surface area (Å²) in [5.41, 5.74) is 0.176. The molecule has 0 aromatic heterocycles. The summed E-state index contributed by atoms with van der Waals surface area (Å²) < 4.78 is 18.0. The van der Waals surface area contributed by atoms with Crippen LogP contribution in [-0.2, 0) is 14.3 Å². The van der Waals surface area contributed by atoms with E-state index >= 15 is 0 Å². The largest absolute Gasteiger partial charge is 0.469 e. The van der Waals surface area contributed by atoms with Crippen molar-refractivity contribution in [1.29, 1.82) is 0 Å². The summed E-state index contributed by atoms with van der Waals surface area (Å²) in [6, 6.07) is 4.32. The molecule has 0 atom stereocenters. The molecule has 0 bridgehead atoms. The maximum absolute atomic E-state index is 13.5. The molecule has 21 heavy (non-hydrogen) atoms. The monoisotopic (exact) mass is 313 g/mol. The topological polar surface area (TPSA) is 46.6 Å². The van der Waals surface area contributed by atoms with E-state index in [-0.39, 0.29) is 28.9 Å². The number of rotatable bonds is 6. The minimum Gasteiger partial charge on any atom is -0.469 e. The molecule has 114 valence electrons. The van der Waals surface area contributed by atoms with Crippen LogP contribution in [0, 0.1) is 5.82 Å². The maximum Gasteiger partial charge on any atom is 0.305 e. The highest BCUT2D eigenvalue weighted by atomic mass is 35.5. The van der Waals surface area contributed by atoms with Crippen LogP contribution in [0.3, 0.4) is 0 Å². The van der Waals surface area contributed by atoms with Crippen LogP contribution in [-0.4, -0.2) is 37.5 Å². The first-order valence-electron chi connectivity index (χ1n) is 6.39. The number of likely N-dealkylation sites (N-methyl/N-ethyl adjacent to an activating group) is 1. The van der Waals surface area contributed by atoms with E-state index < -0.39 is 5.82 Å². The van der Waals surface area contributed by atoms with Gasteiger partial charge in [-0.2, -0.15) is 0 Å². The van der Waals surface area contributed by atoms with Gasteiger partial charge in [0.1, 0.15) is 5.82 Å². The van der Waals surface area contributed by atoms with Crippen LogP contribution in [0.4, 0.5) is 4.39 Å². The van der Waals surface area contributed by atoms with E-state index in [1.54, 1.807) is 13.1 Å². The third-order valence-corrected chi connectivity index (χ3v) is 3.20. The zero-order valence-corrected chi connectivity index (χ0v) is 12.7. The van der Waals surface area contributed by atoms with Gasteiger partial charge in [0.2, 0.25) is 5.91 Å². The Bertz CT molecular complexity index is 525. The Labute approximate surface area is 128 Å². The fourth-order valence-electron chi connectivity index (χ4n) is 1.62. The number of esters is 1. The lowest BCUT2D eigenvalue weighted by atomic mass is 10.2. The molecule has 0 aliphatic heterocycles. The van der Waals surface area contributed by atoms with Gasteiger partial charge >= 0.3 is 5.97 Å². The van der Waals surface area contributed by atoms with Crippen molar-refractivity contribution in [2.75, 3.05) is 20.7 Å². The molecule has 0 aliphatic rings. The fourth-order valence-corrected chi connectivity index (χ4v) is 1.85. The number of amides is 1. The Morgan fingerprint density at radius 2 is 2.14 bits per heavy atom. The van der Waals surface area contributed by atoms with Gasteiger partial charge in [-0.25, -0.2) is 4.39 Å². The molecule has 0 unspecified atom stereocenters. The first-order valence-corrected chi connectivity index (χ1v) is 6.77. The highest BCUT2D eigenvalue weighted by Gasteiger charge is 2.08. The Morgan fingerprint density at radius 3 is 2.76 bits per heavy atom. The molecule has 0 saturated heterocycles. The molecule has 4 nitrogen and oxygen atoms in total. The van der Waals surface area contributed by atoms with Crippen molar-refractivity contribution >= 4 is 29.6 Å². The Hall–Kier alpha value is -1.88. The van der Waals surface area contributed by atoms with Gasteiger partial charge in [-0.1, -0.05) is 17.7 Å². The van der Waals surface area contributed by atoms with Crippen molar-refractivity contribution in [3.05, 3.63) is 40.7 Å². The summed E-state index contributed by atoms with van der Waals surface area (Å²) in [7, 11) is 2.92. The summed E-state index contributed by atoms with van der Waals surface area (Å²) >= 11 is 5.86. The summed E-state index contributed by atoms with van der Waals surface area (Å²) in [6.45, 7) is 0.406. The molecule has 6 heteroatoms. The molecule has 0 N–H and O–H groups in total. The third kappa shape index (κ3) is 5.55. The van der Waals surface area contributed by atoms with Gasteiger partial charge in [0.25, 0.3) is 0 Å². The van der Waals surface area contributed by atoms with E-state index in [0.29, 0.717) is 13.0 Å². The number of hydrogen-bond acceptors (Lipinski definition) is 3. The van der Waals surface area contributed by atoms with E-state index in [2.05, 4.69) is 4.74 Å².